The fourth-order valence-corrected chi connectivity index (χ4v) is 2.91. The number of benzene rings is 1. The van der Waals surface area contributed by atoms with Crippen LogP contribution < -0.4 is 21.3 Å². The number of halogens is 1. The van der Waals surface area contributed by atoms with Gasteiger partial charge in [0.15, 0.2) is 5.43 Å². The molecule has 1 aromatic carbocycles. The predicted octanol–water partition coefficient (Wildman–Crippen LogP) is -0.310. The van der Waals surface area contributed by atoms with Gasteiger partial charge in [-0.3, -0.25) is 39.7 Å². The Morgan fingerprint density at radius 2 is 1.80 bits per heavy atom. The third-order valence-corrected chi connectivity index (χ3v) is 4.49. The second-order valence-electron chi connectivity index (χ2n) is 6.56. The first-order valence-electron chi connectivity index (χ1n) is 8.94. The van der Waals surface area contributed by atoms with Crippen LogP contribution in [0, 0.1) is 5.82 Å². The maximum atomic E-state index is 12.9. The minimum Gasteiger partial charge on any atom is -0.383 e. The van der Waals surface area contributed by atoms with Crippen molar-refractivity contribution in [3.8, 4) is 0 Å². The highest BCUT2D eigenvalue weighted by atomic mass is 19.1. The van der Waals surface area contributed by atoms with Crippen LogP contribution in [0.5, 0.6) is 0 Å². The van der Waals surface area contributed by atoms with Gasteiger partial charge >= 0.3 is 0 Å². The number of amides is 3. The average molecular weight is 417 g/mol. The highest BCUT2D eigenvalue weighted by Gasteiger charge is 2.28. The van der Waals surface area contributed by atoms with Crippen molar-refractivity contribution in [2.24, 2.45) is 0 Å². The van der Waals surface area contributed by atoms with Gasteiger partial charge in [-0.15, -0.1) is 0 Å². The van der Waals surface area contributed by atoms with Gasteiger partial charge in [0.05, 0.1) is 6.61 Å². The van der Waals surface area contributed by atoms with Gasteiger partial charge < -0.3 is 9.64 Å². The lowest BCUT2D eigenvalue weighted by Crippen LogP contribution is -2.53. The minimum atomic E-state index is -0.853. The van der Waals surface area contributed by atoms with Gasteiger partial charge in [-0.2, -0.15) is 0 Å². The molecule has 3 amide bonds. The summed E-state index contributed by atoms with van der Waals surface area (Å²) < 4.78 is 19.3. The molecule has 0 saturated heterocycles. The first-order valence-corrected chi connectivity index (χ1v) is 8.94. The summed E-state index contributed by atoms with van der Waals surface area (Å²) in [4.78, 5) is 51.0. The van der Waals surface area contributed by atoms with Crippen molar-refractivity contribution >= 4 is 17.7 Å². The molecule has 0 fully saturated rings. The standard InChI is InChI=1S/C19H20FN5O5/c1-23-11-24(7-8-30-2)19(29)15-9-16(26)14(10-25(15)23)18(28)22-21-17(27)12-3-5-13(20)6-4-12/h3-6,9-10H,7-8,11H2,1-2H3,(H,21,27)(H,22,28). The van der Waals surface area contributed by atoms with Crippen molar-refractivity contribution in [3.05, 3.63) is 69.4 Å². The normalized spacial score (nSPS) is 13.1. The van der Waals surface area contributed by atoms with E-state index in [0.29, 0.717) is 13.2 Å². The fourth-order valence-electron chi connectivity index (χ4n) is 2.91. The number of methoxy groups -OCH3 is 1. The van der Waals surface area contributed by atoms with Crippen molar-refractivity contribution < 1.29 is 23.5 Å². The Morgan fingerprint density at radius 3 is 2.47 bits per heavy atom. The number of aromatic nitrogens is 1. The molecular formula is C19H20FN5O5. The van der Waals surface area contributed by atoms with Gasteiger partial charge in [0.2, 0.25) is 0 Å². The molecule has 0 bridgehead atoms. The molecule has 2 N–H and O–H groups in total. The van der Waals surface area contributed by atoms with E-state index in [1.54, 1.807) is 12.1 Å². The molecule has 0 spiro atoms. The Bertz CT molecular complexity index is 1040. The second-order valence-corrected chi connectivity index (χ2v) is 6.56. The Kier molecular flexibility index (Phi) is 6.11. The number of pyridine rings is 1. The van der Waals surface area contributed by atoms with Crippen LogP contribution in [0.2, 0.25) is 0 Å². The van der Waals surface area contributed by atoms with Crippen LogP contribution in [0.4, 0.5) is 4.39 Å². The third kappa shape index (κ3) is 4.30. The van der Waals surface area contributed by atoms with Crippen molar-refractivity contribution in [1.82, 2.24) is 20.4 Å². The molecule has 11 heteroatoms. The fraction of sp³-hybridized carbons (Fsp3) is 0.263. The number of carbonyl (C=O) groups excluding carboxylic acids is 3. The summed E-state index contributed by atoms with van der Waals surface area (Å²) in [5.74, 6) is -2.40. The molecular weight excluding hydrogens is 397 g/mol. The van der Waals surface area contributed by atoms with Crippen LogP contribution in [0.25, 0.3) is 0 Å². The third-order valence-electron chi connectivity index (χ3n) is 4.49. The van der Waals surface area contributed by atoms with Gasteiger partial charge in [0, 0.05) is 38.5 Å². The summed E-state index contributed by atoms with van der Waals surface area (Å²) in [6.07, 6.45) is 1.24. The average Bonchev–Trinajstić information content (AvgIpc) is 2.73. The zero-order valence-electron chi connectivity index (χ0n) is 16.3. The van der Waals surface area contributed by atoms with Crippen molar-refractivity contribution in [2.45, 2.75) is 0 Å². The second kappa shape index (κ2) is 8.74. The Balaban J connectivity index is 1.76. The van der Waals surface area contributed by atoms with Crippen LogP contribution in [0.3, 0.4) is 0 Å². The van der Waals surface area contributed by atoms with Crippen molar-refractivity contribution in [2.75, 3.05) is 39.0 Å². The molecule has 2 aromatic rings. The van der Waals surface area contributed by atoms with Crippen LogP contribution in [0.1, 0.15) is 31.2 Å². The monoisotopic (exact) mass is 417 g/mol. The van der Waals surface area contributed by atoms with E-state index in [-0.39, 0.29) is 29.4 Å². The molecule has 2 heterocycles. The lowest BCUT2D eigenvalue weighted by Gasteiger charge is -2.37. The van der Waals surface area contributed by atoms with Gasteiger partial charge in [-0.05, 0) is 24.3 Å². The number of nitrogens with zero attached hydrogens (tertiary/aromatic N) is 3. The molecule has 1 aliphatic rings. The number of nitrogens with one attached hydrogen (secondary N) is 2. The topological polar surface area (TPSA) is 113 Å². The maximum Gasteiger partial charge on any atom is 0.275 e. The summed E-state index contributed by atoms with van der Waals surface area (Å²) in [5.41, 5.74) is 3.61. The van der Waals surface area contributed by atoms with E-state index in [4.69, 9.17) is 4.74 Å². The number of hydrazine groups is 1. The maximum absolute atomic E-state index is 12.9. The number of hydrogen-bond donors (Lipinski definition) is 2. The molecule has 0 aliphatic carbocycles. The zero-order chi connectivity index (χ0) is 21.8. The number of hydrogen-bond acceptors (Lipinski definition) is 6. The van der Waals surface area contributed by atoms with Crippen LogP contribution in [-0.4, -0.2) is 61.3 Å². The van der Waals surface area contributed by atoms with Crippen molar-refractivity contribution in [3.63, 3.8) is 0 Å². The predicted molar refractivity (Wildman–Crippen MR) is 104 cm³/mol. The Hall–Kier alpha value is -3.73. The number of ether oxygens (including phenoxy) is 1. The summed E-state index contributed by atoms with van der Waals surface area (Å²) in [6.45, 7) is 0.935. The number of carbonyl (C=O) groups is 3. The molecule has 30 heavy (non-hydrogen) atoms. The molecule has 0 unspecified atom stereocenters. The van der Waals surface area contributed by atoms with E-state index in [9.17, 15) is 23.6 Å². The summed E-state index contributed by atoms with van der Waals surface area (Å²) >= 11 is 0. The van der Waals surface area contributed by atoms with E-state index in [0.717, 1.165) is 18.2 Å². The summed E-state index contributed by atoms with van der Waals surface area (Å²) in [6, 6.07) is 5.79. The van der Waals surface area contributed by atoms with Gasteiger partial charge in [0.1, 0.15) is 23.7 Å². The highest BCUT2D eigenvalue weighted by molar-refractivity contribution is 5.99. The van der Waals surface area contributed by atoms with E-state index >= 15 is 0 Å². The summed E-state index contributed by atoms with van der Waals surface area (Å²) in [5, 5.41) is 1.65. The molecule has 10 nitrogen and oxygen atoms in total. The lowest BCUT2D eigenvalue weighted by molar-refractivity contribution is 0.0634. The number of fused-ring (bicyclic) bond motifs is 1. The van der Waals surface area contributed by atoms with Crippen LogP contribution in [-0.2, 0) is 4.74 Å². The Labute approximate surface area is 170 Å². The largest absolute Gasteiger partial charge is 0.383 e. The minimum absolute atomic E-state index is 0.108. The SMILES string of the molecule is COCCN1CN(C)n2cc(C(=O)NNC(=O)c3ccc(F)cc3)c(=O)cc2C1=O. The summed E-state index contributed by atoms with van der Waals surface area (Å²) in [7, 11) is 3.22. The zero-order valence-corrected chi connectivity index (χ0v) is 16.3. The highest BCUT2D eigenvalue weighted by Crippen LogP contribution is 2.12. The molecule has 0 atom stereocenters. The van der Waals surface area contributed by atoms with Crippen molar-refractivity contribution in [1.29, 1.82) is 0 Å². The first kappa shape index (κ1) is 21.0. The van der Waals surface area contributed by atoms with Gasteiger partial charge in [0.25, 0.3) is 17.7 Å². The smallest absolute Gasteiger partial charge is 0.275 e. The van der Waals surface area contributed by atoms with Crippen LogP contribution >= 0.6 is 0 Å². The van der Waals surface area contributed by atoms with E-state index in [2.05, 4.69) is 10.9 Å². The van der Waals surface area contributed by atoms with Gasteiger partial charge in [-0.1, -0.05) is 0 Å². The molecule has 158 valence electrons. The van der Waals surface area contributed by atoms with E-state index in [1.807, 2.05) is 0 Å². The van der Waals surface area contributed by atoms with Crippen LogP contribution in [0.15, 0.2) is 41.3 Å². The lowest BCUT2D eigenvalue weighted by atomic mass is 10.2. The van der Waals surface area contributed by atoms with Gasteiger partial charge in [-0.25, -0.2) is 4.39 Å². The van der Waals surface area contributed by atoms with E-state index in [1.165, 1.54) is 35.0 Å². The molecule has 1 aliphatic heterocycles. The van der Waals surface area contributed by atoms with E-state index < -0.39 is 23.1 Å². The Morgan fingerprint density at radius 1 is 1.13 bits per heavy atom. The quantitative estimate of drug-likeness (QED) is 0.646. The molecule has 3 rings (SSSR count). The molecule has 0 radical (unpaired) electrons. The first-order chi connectivity index (χ1) is 14.3. The number of rotatable bonds is 5. The molecule has 0 saturated carbocycles. The molecule has 1 aromatic heterocycles.